The van der Waals surface area contributed by atoms with Gasteiger partial charge in [0.25, 0.3) is 0 Å². The molecule has 1 fully saturated rings. The van der Waals surface area contributed by atoms with Gasteiger partial charge in [-0.1, -0.05) is 31.2 Å². The number of aromatic nitrogens is 6. The lowest BCUT2D eigenvalue weighted by atomic mass is 10.0. The fraction of sp³-hybridized carbons (Fsp3) is 0.346. The van der Waals surface area contributed by atoms with Gasteiger partial charge in [0.05, 0.1) is 18.5 Å². The Morgan fingerprint density at radius 2 is 1.81 bits per heavy atom. The second kappa shape index (κ2) is 9.33. The number of aryl methyl sites for hydroxylation is 2. The van der Waals surface area contributed by atoms with Crippen LogP contribution in [0.15, 0.2) is 43.0 Å². The van der Waals surface area contributed by atoms with Crippen molar-refractivity contribution in [3.05, 3.63) is 71.2 Å². The molecule has 186 valence electrons. The Kier molecular flexibility index (Phi) is 6.19. The number of hydrogen-bond donors (Lipinski definition) is 0. The molecular formula is C26H25F3N6O. The fourth-order valence-electron chi connectivity index (χ4n) is 4.26. The van der Waals surface area contributed by atoms with Crippen molar-refractivity contribution in [2.45, 2.75) is 44.7 Å². The monoisotopic (exact) mass is 494 g/mol. The number of hydrogen-bond acceptors (Lipinski definition) is 6. The van der Waals surface area contributed by atoms with Crippen LogP contribution in [0.1, 0.15) is 53.9 Å². The highest BCUT2D eigenvalue weighted by Gasteiger charge is 2.34. The number of halogens is 3. The van der Waals surface area contributed by atoms with Crippen LogP contribution in [-0.2, 0) is 26.1 Å². The molecule has 0 radical (unpaired) electrons. The second-order valence-electron chi connectivity index (χ2n) is 8.87. The molecule has 0 amide bonds. The normalized spacial score (nSPS) is 13.7. The summed E-state index contributed by atoms with van der Waals surface area (Å²) in [4.78, 5) is 22.1. The molecule has 10 heteroatoms. The molecule has 1 saturated carbocycles. The van der Waals surface area contributed by atoms with E-state index in [1.807, 2.05) is 25.3 Å². The van der Waals surface area contributed by atoms with Gasteiger partial charge in [-0.05, 0) is 30.4 Å². The quantitative estimate of drug-likeness (QED) is 0.343. The van der Waals surface area contributed by atoms with Gasteiger partial charge < -0.3 is 9.30 Å². The van der Waals surface area contributed by atoms with Gasteiger partial charge >= 0.3 is 6.18 Å². The molecule has 7 nitrogen and oxygen atoms in total. The first kappa shape index (κ1) is 23.9. The number of nitrogens with zero attached hydrogens (tertiary/aromatic N) is 6. The lowest BCUT2D eigenvalue weighted by Gasteiger charge is -2.13. The van der Waals surface area contributed by atoms with Gasteiger partial charge in [-0.25, -0.2) is 24.9 Å². The average molecular weight is 495 g/mol. The predicted octanol–water partition coefficient (Wildman–Crippen LogP) is 5.39. The molecule has 1 aliphatic rings. The van der Waals surface area contributed by atoms with E-state index in [0.717, 1.165) is 53.5 Å². The van der Waals surface area contributed by atoms with Crippen molar-refractivity contribution in [2.24, 2.45) is 7.05 Å². The van der Waals surface area contributed by atoms with Gasteiger partial charge in [0, 0.05) is 37.3 Å². The van der Waals surface area contributed by atoms with Gasteiger partial charge in [-0.2, -0.15) is 13.2 Å². The van der Waals surface area contributed by atoms with Crippen LogP contribution in [0.25, 0.3) is 22.8 Å². The summed E-state index contributed by atoms with van der Waals surface area (Å²) < 4.78 is 46.0. The molecule has 1 aliphatic carbocycles. The Balaban J connectivity index is 1.46. The summed E-state index contributed by atoms with van der Waals surface area (Å²) in [5.41, 5.74) is 4.21. The maximum absolute atomic E-state index is 13.0. The SMILES string of the molecule is CCc1cnc(-c2c(OC)ncnc2C2CC2)nc1Cc1ccc(-c2nc(C(F)(F)F)cn2C)cc1. The van der Waals surface area contributed by atoms with E-state index < -0.39 is 11.9 Å². The highest BCUT2D eigenvalue weighted by molar-refractivity contribution is 5.66. The largest absolute Gasteiger partial charge is 0.480 e. The van der Waals surface area contributed by atoms with Crippen molar-refractivity contribution in [1.29, 1.82) is 0 Å². The van der Waals surface area contributed by atoms with Crippen LogP contribution in [0.4, 0.5) is 13.2 Å². The van der Waals surface area contributed by atoms with Gasteiger partial charge in [0.15, 0.2) is 11.5 Å². The van der Waals surface area contributed by atoms with E-state index in [-0.39, 0.29) is 5.82 Å². The maximum atomic E-state index is 13.0. The highest BCUT2D eigenvalue weighted by Crippen LogP contribution is 2.44. The van der Waals surface area contributed by atoms with Crippen LogP contribution in [-0.4, -0.2) is 36.6 Å². The molecule has 4 aromatic rings. The van der Waals surface area contributed by atoms with Crippen LogP contribution in [0.5, 0.6) is 5.88 Å². The van der Waals surface area contributed by atoms with Crippen LogP contribution in [0.3, 0.4) is 0 Å². The first-order valence-electron chi connectivity index (χ1n) is 11.7. The molecule has 0 bridgehead atoms. The van der Waals surface area contributed by atoms with Crippen molar-refractivity contribution in [1.82, 2.24) is 29.5 Å². The summed E-state index contributed by atoms with van der Waals surface area (Å²) in [5.74, 6) is 1.62. The number of benzene rings is 1. The van der Waals surface area contributed by atoms with Gasteiger partial charge in [0.2, 0.25) is 5.88 Å². The number of rotatable bonds is 7. The highest BCUT2D eigenvalue weighted by atomic mass is 19.4. The van der Waals surface area contributed by atoms with E-state index in [1.54, 1.807) is 26.3 Å². The molecule has 0 atom stereocenters. The van der Waals surface area contributed by atoms with Crippen molar-refractivity contribution < 1.29 is 17.9 Å². The van der Waals surface area contributed by atoms with E-state index in [9.17, 15) is 13.2 Å². The molecule has 0 unspecified atom stereocenters. The lowest BCUT2D eigenvalue weighted by Crippen LogP contribution is -2.06. The summed E-state index contributed by atoms with van der Waals surface area (Å²) >= 11 is 0. The lowest BCUT2D eigenvalue weighted by molar-refractivity contribution is -0.140. The third-order valence-electron chi connectivity index (χ3n) is 6.31. The molecule has 0 aliphatic heterocycles. The van der Waals surface area contributed by atoms with E-state index >= 15 is 0 Å². The Morgan fingerprint density at radius 1 is 1.06 bits per heavy atom. The Hall–Kier alpha value is -3.82. The first-order valence-corrected chi connectivity index (χ1v) is 11.7. The average Bonchev–Trinajstić information content (AvgIpc) is 3.64. The minimum absolute atomic E-state index is 0.260. The predicted molar refractivity (Wildman–Crippen MR) is 127 cm³/mol. The van der Waals surface area contributed by atoms with E-state index in [1.165, 1.54) is 10.9 Å². The topological polar surface area (TPSA) is 78.6 Å². The Labute approximate surface area is 206 Å². The van der Waals surface area contributed by atoms with Crippen molar-refractivity contribution in [3.8, 4) is 28.7 Å². The summed E-state index contributed by atoms with van der Waals surface area (Å²) in [6.45, 7) is 2.05. The molecular weight excluding hydrogens is 469 g/mol. The minimum atomic E-state index is -4.48. The molecule has 3 heterocycles. The van der Waals surface area contributed by atoms with Crippen LogP contribution >= 0.6 is 0 Å². The third-order valence-corrected chi connectivity index (χ3v) is 6.31. The zero-order chi connectivity index (χ0) is 25.4. The summed E-state index contributed by atoms with van der Waals surface area (Å²) in [6, 6.07) is 7.34. The molecule has 0 saturated heterocycles. The minimum Gasteiger partial charge on any atom is -0.480 e. The summed E-state index contributed by atoms with van der Waals surface area (Å²) in [7, 11) is 3.13. The smallest absolute Gasteiger partial charge is 0.434 e. The number of imidazole rings is 1. The number of methoxy groups -OCH3 is 1. The molecule has 3 aromatic heterocycles. The zero-order valence-electron chi connectivity index (χ0n) is 20.2. The van der Waals surface area contributed by atoms with Crippen molar-refractivity contribution >= 4 is 0 Å². The van der Waals surface area contributed by atoms with Gasteiger partial charge in [-0.3, -0.25) is 0 Å². The fourth-order valence-corrected chi connectivity index (χ4v) is 4.26. The van der Waals surface area contributed by atoms with E-state index in [4.69, 9.17) is 9.72 Å². The van der Waals surface area contributed by atoms with Gasteiger partial charge in [-0.15, -0.1) is 0 Å². The molecule has 0 N–H and O–H groups in total. The summed E-state index contributed by atoms with van der Waals surface area (Å²) in [5, 5.41) is 0. The zero-order valence-corrected chi connectivity index (χ0v) is 20.2. The van der Waals surface area contributed by atoms with Crippen LogP contribution in [0, 0.1) is 0 Å². The third kappa shape index (κ3) is 4.67. The summed E-state index contributed by atoms with van der Waals surface area (Å²) in [6.07, 6.45) is 3.31. The second-order valence-corrected chi connectivity index (χ2v) is 8.87. The molecule has 0 spiro atoms. The van der Waals surface area contributed by atoms with E-state index in [2.05, 4.69) is 19.9 Å². The van der Waals surface area contributed by atoms with Crippen LogP contribution in [0.2, 0.25) is 0 Å². The van der Waals surface area contributed by atoms with E-state index in [0.29, 0.717) is 29.6 Å². The van der Waals surface area contributed by atoms with Crippen LogP contribution < -0.4 is 4.74 Å². The molecule has 36 heavy (non-hydrogen) atoms. The number of ether oxygens (including phenoxy) is 1. The van der Waals surface area contributed by atoms with Crippen molar-refractivity contribution in [2.75, 3.05) is 7.11 Å². The maximum Gasteiger partial charge on any atom is 0.434 e. The molecule has 1 aromatic carbocycles. The first-order chi connectivity index (χ1) is 17.3. The van der Waals surface area contributed by atoms with Gasteiger partial charge in [0.1, 0.15) is 17.7 Å². The Bertz CT molecular complexity index is 1390. The number of alkyl halides is 3. The Morgan fingerprint density at radius 3 is 2.42 bits per heavy atom. The standard InChI is InChI=1S/C26H25F3N6O/c1-4-16-12-30-23(21-22(17-9-10-17)31-14-32-25(21)36-3)33-19(16)11-15-5-7-18(8-6-15)24-34-20(13-35(24)2)26(27,28)29/h5-8,12-14,17H,4,9-11H2,1-3H3. The van der Waals surface area contributed by atoms with Crippen molar-refractivity contribution in [3.63, 3.8) is 0 Å². The molecule has 5 rings (SSSR count).